The average Bonchev–Trinajstić information content (AvgIpc) is 3.28. The SMILES string of the molecule is Cn1c(SCC(=O)NCc2cccc(CN3CCCC3=O)c2)nc2ccccc21. The molecule has 0 radical (unpaired) electrons. The highest BCUT2D eigenvalue weighted by atomic mass is 32.2. The summed E-state index contributed by atoms with van der Waals surface area (Å²) < 4.78 is 2.01. The highest BCUT2D eigenvalue weighted by Gasteiger charge is 2.20. The summed E-state index contributed by atoms with van der Waals surface area (Å²) in [6.45, 7) is 1.95. The number of aryl methyl sites for hydroxylation is 1. The first-order valence-corrected chi connectivity index (χ1v) is 10.8. The van der Waals surface area contributed by atoms with E-state index in [1.165, 1.54) is 11.8 Å². The van der Waals surface area contributed by atoms with E-state index in [-0.39, 0.29) is 11.8 Å². The zero-order valence-electron chi connectivity index (χ0n) is 16.4. The van der Waals surface area contributed by atoms with Crippen LogP contribution in [0.2, 0.25) is 0 Å². The highest BCUT2D eigenvalue weighted by Crippen LogP contribution is 2.22. The summed E-state index contributed by atoms with van der Waals surface area (Å²) in [5, 5.41) is 3.81. The van der Waals surface area contributed by atoms with E-state index >= 15 is 0 Å². The molecule has 1 fully saturated rings. The molecule has 1 aliphatic heterocycles. The smallest absolute Gasteiger partial charge is 0.230 e. The van der Waals surface area contributed by atoms with Crippen molar-refractivity contribution < 1.29 is 9.59 Å². The lowest BCUT2D eigenvalue weighted by Gasteiger charge is -2.16. The first-order valence-electron chi connectivity index (χ1n) is 9.77. The second kappa shape index (κ2) is 8.69. The van der Waals surface area contributed by atoms with Crippen LogP contribution in [0.15, 0.2) is 53.7 Å². The van der Waals surface area contributed by atoms with E-state index in [0.717, 1.165) is 40.3 Å². The van der Waals surface area contributed by atoms with Gasteiger partial charge in [-0.3, -0.25) is 9.59 Å². The minimum absolute atomic E-state index is 0.0258. The zero-order valence-corrected chi connectivity index (χ0v) is 17.2. The van der Waals surface area contributed by atoms with Crippen LogP contribution in [0.25, 0.3) is 11.0 Å². The number of nitrogens with one attached hydrogen (secondary N) is 1. The van der Waals surface area contributed by atoms with Crippen molar-refractivity contribution in [1.82, 2.24) is 19.8 Å². The molecule has 0 aliphatic carbocycles. The molecule has 3 aromatic rings. The number of nitrogens with zero attached hydrogens (tertiary/aromatic N) is 3. The van der Waals surface area contributed by atoms with Gasteiger partial charge in [0.05, 0.1) is 16.8 Å². The van der Waals surface area contributed by atoms with Crippen molar-refractivity contribution in [1.29, 1.82) is 0 Å². The van der Waals surface area contributed by atoms with Gasteiger partial charge in [0.25, 0.3) is 0 Å². The molecule has 6 nitrogen and oxygen atoms in total. The van der Waals surface area contributed by atoms with Crippen LogP contribution in [0.5, 0.6) is 0 Å². The minimum atomic E-state index is -0.0258. The van der Waals surface area contributed by atoms with Crippen LogP contribution < -0.4 is 5.32 Å². The summed E-state index contributed by atoms with van der Waals surface area (Å²) in [4.78, 5) is 30.6. The molecule has 1 aliphatic rings. The summed E-state index contributed by atoms with van der Waals surface area (Å²) >= 11 is 1.44. The number of fused-ring (bicyclic) bond motifs is 1. The Kier molecular flexibility index (Phi) is 5.85. The Balaban J connectivity index is 1.29. The van der Waals surface area contributed by atoms with E-state index in [9.17, 15) is 9.59 Å². The molecule has 0 bridgehead atoms. The third kappa shape index (κ3) is 4.62. The van der Waals surface area contributed by atoms with E-state index in [2.05, 4.69) is 16.4 Å². The number of aromatic nitrogens is 2. The number of benzene rings is 2. The quantitative estimate of drug-likeness (QED) is 0.610. The molecule has 0 spiro atoms. The fourth-order valence-corrected chi connectivity index (χ4v) is 4.38. The monoisotopic (exact) mass is 408 g/mol. The van der Waals surface area contributed by atoms with Gasteiger partial charge < -0.3 is 14.8 Å². The standard InChI is InChI=1S/C22H24N4O2S/c1-25-19-9-3-2-8-18(19)24-22(25)29-15-20(27)23-13-16-6-4-7-17(12-16)14-26-11-5-10-21(26)28/h2-4,6-9,12H,5,10-11,13-15H2,1H3,(H,23,27). The van der Waals surface area contributed by atoms with Crippen molar-refractivity contribution in [3.05, 3.63) is 59.7 Å². The molecule has 0 atom stereocenters. The van der Waals surface area contributed by atoms with Gasteiger partial charge in [0.1, 0.15) is 0 Å². The van der Waals surface area contributed by atoms with Crippen molar-refractivity contribution in [2.45, 2.75) is 31.1 Å². The molecule has 2 heterocycles. The predicted molar refractivity (Wildman–Crippen MR) is 114 cm³/mol. The number of hydrogen-bond donors (Lipinski definition) is 1. The van der Waals surface area contributed by atoms with Gasteiger partial charge >= 0.3 is 0 Å². The van der Waals surface area contributed by atoms with Crippen LogP contribution in [-0.2, 0) is 29.7 Å². The zero-order chi connectivity index (χ0) is 20.2. The Hall–Kier alpha value is -2.80. The van der Waals surface area contributed by atoms with Gasteiger partial charge in [-0.1, -0.05) is 48.2 Å². The summed E-state index contributed by atoms with van der Waals surface area (Å²) in [5.74, 6) is 0.518. The summed E-state index contributed by atoms with van der Waals surface area (Å²) in [7, 11) is 1.96. The Morgan fingerprint density at radius 3 is 2.79 bits per heavy atom. The van der Waals surface area contributed by atoms with E-state index in [1.54, 1.807) is 0 Å². The van der Waals surface area contributed by atoms with Crippen LogP contribution >= 0.6 is 11.8 Å². The average molecular weight is 409 g/mol. The molecule has 0 unspecified atom stereocenters. The van der Waals surface area contributed by atoms with Crippen LogP contribution in [0.3, 0.4) is 0 Å². The van der Waals surface area contributed by atoms with Gasteiger partial charge in [0.2, 0.25) is 11.8 Å². The van der Waals surface area contributed by atoms with Crippen LogP contribution in [0, 0.1) is 0 Å². The largest absolute Gasteiger partial charge is 0.351 e. The van der Waals surface area contributed by atoms with Crippen LogP contribution in [0.4, 0.5) is 0 Å². The molecule has 2 aromatic carbocycles. The Morgan fingerprint density at radius 1 is 1.17 bits per heavy atom. The van der Waals surface area contributed by atoms with Crippen molar-refractivity contribution in [3.63, 3.8) is 0 Å². The molecule has 1 N–H and O–H groups in total. The van der Waals surface area contributed by atoms with Gasteiger partial charge in [-0.2, -0.15) is 0 Å². The maximum absolute atomic E-state index is 12.3. The van der Waals surface area contributed by atoms with Gasteiger partial charge in [-0.15, -0.1) is 0 Å². The number of imidazole rings is 1. The van der Waals surface area contributed by atoms with Crippen molar-refractivity contribution >= 4 is 34.6 Å². The summed E-state index contributed by atoms with van der Waals surface area (Å²) in [6, 6.07) is 16.0. The van der Waals surface area contributed by atoms with Crippen molar-refractivity contribution in [2.24, 2.45) is 7.05 Å². The summed E-state index contributed by atoms with van der Waals surface area (Å²) in [6.07, 6.45) is 1.59. The number of hydrogen-bond acceptors (Lipinski definition) is 4. The number of carbonyl (C=O) groups excluding carboxylic acids is 2. The molecule has 29 heavy (non-hydrogen) atoms. The Labute approximate surface area is 174 Å². The van der Waals surface area contributed by atoms with Crippen LogP contribution in [-0.4, -0.2) is 38.6 Å². The van der Waals surface area contributed by atoms with E-state index in [4.69, 9.17) is 0 Å². The lowest BCUT2D eigenvalue weighted by Crippen LogP contribution is -2.25. The van der Waals surface area contributed by atoms with E-state index < -0.39 is 0 Å². The molecule has 0 saturated carbocycles. The van der Waals surface area contributed by atoms with Crippen LogP contribution in [0.1, 0.15) is 24.0 Å². The van der Waals surface area contributed by atoms with Crippen molar-refractivity contribution in [2.75, 3.05) is 12.3 Å². The van der Waals surface area contributed by atoms with E-state index in [1.807, 2.05) is 59.0 Å². The maximum atomic E-state index is 12.3. The molecule has 1 saturated heterocycles. The first-order chi connectivity index (χ1) is 14.1. The second-order valence-electron chi connectivity index (χ2n) is 7.25. The fraction of sp³-hybridized carbons (Fsp3) is 0.318. The molecule has 4 rings (SSSR count). The lowest BCUT2D eigenvalue weighted by atomic mass is 10.1. The molecule has 7 heteroatoms. The third-order valence-corrected chi connectivity index (χ3v) is 6.13. The molecular formula is C22H24N4O2S. The molecular weight excluding hydrogens is 384 g/mol. The molecule has 2 amide bonds. The lowest BCUT2D eigenvalue weighted by molar-refractivity contribution is -0.128. The Morgan fingerprint density at radius 2 is 2.00 bits per heavy atom. The van der Waals surface area contributed by atoms with Gasteiger partial charge in [-0.25, -0.2) is 4.98 Å². The highest BCUT2D eigenvalue weighted by molar-refractivity contribution is 7.99. The first kappa shape index (κ1) is 19.5. The van der Waals surface area contributed by atoms with Gasteiger partial charge in [-0.05, 0) is 29.7 Å². The number of thioether (sulfide) groups is 1. The van der Waals surface area contributed by atoms with Gasteiger partial charge in [0.15, 0.2) is 5.16 Å². The second-order valence-corrected chi connectivity index (χ2v) is 8.19. The van der Waals surface area contributed by atoms with Gasteiger partial charge in [0, 0.05) is 33.1 Å². The normalized spacial score (nSPS) is 14.0. The van der Waals surface area contributed by atoms with Crippen molar-refractivity contribution in [3.8, 4) is 0 Å². The minimum Gasteiger partial charge on any atom is -0.351 e. The number of carbonyl (C=O) groups is 2. The predicted octanol–water partition coefficient (Wildman–Crippen LogP) is 3.10. The number of para-hydroxylation sites is 2. The van der Waals surface area contributed by atoms with E-state index in [0.29, 0.717) is 25.3 Å². The number of likely N-dealkylation sites (tertiary alicyclic amines) is 1. The third-order valence-electron chi connectivity index (χ3n) is 5.10. The summed E-state index contributed by atoms with van der Waals surface area (Å²) in [5.41, 5.74) is 4.13. The Bertz CT molecular complexity index is 1050. The topological polar surface area (TPSA) is 67.2 Å². The number of amides is 2. The number of rotatable bonds is 7. The molecule has 150 valence electrons. The molecule has 1 aromatic heterocycles. The maximum Gasteiger partial charge on any atom is 0.230 e. The fourth-order valence-electron chi connectivity index (χ4n) is 3.56.